The van der Waals surface area contributed by atoms with Crippen LogP contribution in [-0.2, 0) is 28.8 Å². The van der Waals surface area contributed by atoms with Gasteiger partial charge in [0.2, 0.25) is 23.6 Å². The minimum atomic E-state index is -1.65. The summed E-state index contributed by atoms with van der Waals surface area (Å²) < 4.78 is 0. The highest BCUT2D eigenvalue weighted by Gasteiger charge is 2.32. The summed E-state index contributed by atoms with van der Waals surface area (Å²) in [4.78, 5) is 70.5. The Bertz CT molecular complexity index is 697. The van der Waals surface area contributed by atoms with E-state index in [1.54, 1.807) is 13.8 Å². The molecule has 0 aromatic rings. The van der Waals surface area contributed by atoms with Crippen molar-refractivity contribution in [2.75, 3.05) is 13.2 Å². The fourth-order valence-electron chi connectivity index (χ4n) is 2.26. The van der Waals surface area contributed by atoms with Gasteiger partial charge in [0.25, 0.3) is 0 Å². The van der Waals surface area contributed by atoms with Gasteiger partial charge in [-0.05, 0) is 12.8 Å². The lowest BCUT2D eigenvalue weighted by atomic mass is 10.0. The normalized spacial score (nSPS) is 14.5. The summed E-state index contributed by atoms with van der Waals surface area (Å²) in [6.07, 6.45) is -0.863. The van der Waals surface area contributed by atoms with Gasteiger partial charge < -0.3 is 42.3 Å². The minimum Gasteiger partial charge on any atom is -0.481 e. The van der Waals surface area contributed by atoms with Gasteiger partial charge in [-0.3, -0.25) is 28.8 Å². The van der Waals surface area contributed by atoms with Gasteiger partial charge in [-0.15, -0.1) is 0 Å². The Morgan fingerprint density at radius 2 is 1.35 bits per heavy atom. The van der Waals surface area contributed by atoms with E-state index in [2.05, 4.69) is 21.3 Å². The average molecular weight is 447 g/mol. The highest BCUT2D eigenvalue weighted by molar-refractivity contribution is 5.96. The van der Waals surface area contributed by atoms with Crippen molar-refractivity contribution in [3.63, 3.8) is 0 Å². The van der Waals surface area contributed by atoms with Crippen LogP contribution in [0.3, 0.4) is 0 Å². The molecule has 0 rings (SSSR count). The van der Waals surface area contributed by atoms with Crippen LogP contribution < -0.4 is 27.0 Å². The summed E-state index contributed by atoms with van der Waals surface area (Å²) >= 11 is 0. The van der Waals surface area contributed by atoms with Crippen LogP contribution in [0.5, 0.6) is 0 Å². The second kappa shape index (κ2) is 13.1. The molecule has 0 aliphatic rings. The third-order valence-corrected chi connectivity index (χ3v) is 4.01. The van der Waals surface area contributed by atoms with Gasteiger partial charge in [0.05, 0.1) is 19.6 Å². The van der Waals surface area contributed by atoms with Gasteiger partial charge in [0.1, 0.15) is 24.2 Å². The third kappa shape index (κ3) is 9.86. The second-order valence-corrected chi connectivity index (χ2v) is 6.96. The van der Waals surface area contributed by atoms with Gasteiger partial charge in [-0.25, -0.2) is 0 Å². The van der Waals surface area contributed by atoms with Crippen molar-refractivity contribution >= 4 is 35.6 Å². The van der Waals surface area contributed by atoms with Crippen molar-refractivity contribution < 1.29 is 44.1 Å². The van der Waals surface area contributed by atoms with Crippen molar-refractivity contribution in [2.24, 2.45) is 11.7 Å². The number of carbonyl (C=O) groups excluding carboxylic acids is 4. The Labute approximate surface area is 177 Å². The van der Waals surface area contributed by atoms with Crippen LogP contribution in [0, 0.1) is 5.92 Å². The highest BCUT2D eigenvalue weighted by atomic mass is 16.4. The van der Waals surface area contributed by atoms with Gasteiger partial charge in [0, 0.05) is 0 Å². The van der Waals surface area contributed by atoms with Crippen LogP contribution >= 0.6 is 0 Å². The Hall–Kier alpha value is -3.26. The first kappa shape index (κ1) is 27.7. The average Bonchev–Trinajstić information content (AvgIpc) is 2.67. The third-order valence-electron chi connectivity index (χ3n) is 4.01. The maximum Gasteiger partial charge on any atom is 0.325 e. The van der Waals surface area contributed by atoms with Gasteiger partial charge in [-0.2, -0.15) is 0 Å². The monoisotopic (exact) mass is 447 g/mol. The molecule has 4 atom stereocenters. The predicted molar refractivity (Wildman–Crippen MR) is 104 cm³/mol. The number of carboxylic acid groups (broad SMARTS) is 2. The molecule has 0 aliphatic heterocycles. The molecule has 4 amide bonds. The smallest absolute Gasteiger partial charge is 0.325 e. The zero-order valence-corrected chi connectivity index (χ0v) is 17.4. The number of hydrogen-bond donors (Lipinski definition) is 8. The first-order valence-electron chi connectivity index (χ1n) is 9.29. The summed E-state index contributed by atoms with van der Waals surface area (Å²) in [6, 6.07) is -5.61. The molecule has 0 spiro atoms. The number of aliphatic hydroxyl groups excluding tert-OH is 1. The first-order chi connectivity index (χ1) is 14.3. The number of nitrogens with two attached hydrogens (primary N) is 1. The number of aliphatic carboxylic acids is 2. The SMILES string of the molecule is CC(C)[C@H](NC(=O)[C@H](CC(=O)O)NC(=O)[C@H](CO)NC(=O)CN)C(=O)N[C@@H](C)C(=O)O. The van der Waals surface area contributed by atoms with Crippen molar-refractivity contribution in [1.29, 1.82) is 0 Å². The van der Waals surface area contributed by atoms with Crippen molar-refractivity contribution in [3.05, 3.63) is 0 Å². The molecule has 0 aliphatic carbocycles. The van der Waals surface area contributed by atoms with E-state index < -0.39 is 85.2 Å². The number of carboxylic acids is 2. The summed E-state index contributed by atoms with van der Waals surface area (Å²) in [6.45, 7) is 3.03. The van der Waals surface area contributed by atoms with E-state index in [0.717, 1.165) is 0 Å². The fraction of sp³-hybridized carbons (Fsp3) is 0.647. The molecule has 14 nitrogen and oxygen atoms in total. The van der Waals surface area contributed by atoms with Crippen molar-refractivity contribution in [3.8, 4) is 0 Å². The quantitative estimate of drug-likeness (QED) is 0.137. The van der Waals surface area contributed by atoms with Crippen LogP contribution in [0.4, 0.5) is 0 Å². The Balaban J connectivity index is 5.43. The van der Waals surface area contributed by atoms with Crippen molar-refractivity contribution in [2.45, 2.75) is 51.4 Å². The molecule has 0 bridgehead atoms. The number of aliphatic hydroxyl groups is 1. The van der Waals surface area contributed by atoms with Crippen LogP contribution in [0.25, 0.3) is 0 Å². The Kier molecular flexibility index (Phi) is 11.7. The number of rotatable bonds is 13. The van der Waals surface area contributed by atoms with Gasteiger partial charge >= 0.3 is 11.9 Å². The zero-order chi connectivity index (χ0) is 24.3. The van der Waals surface area contributed by atoms with Crippen LogP contribution in [0.2, 0.25) is 0 Å². The molecule has 0 unspecified atom stereocenters. The van der Waals surface area contributed by atoms with Gasteiger partial charge in [-0.1, -0.05) is 13.8 Å². The van der Waals surface area contributed by atoms with E-state index in [9.17, 15) is 33.9 Å². The lowest BCUT2D eigenvalue weighted by Gasteiger charge is -2.26. The Morgan fingerprint density at radius 1 is 0.806 bits per heavy atom. The maximum absolute atomic E-state index is 12.6. The largest absolute Gasteiger partial charge is 0.481 e. The van der Waals surface area contributed by atoms with E-state index in [-0.39, 0.29) is 0 Å². The van der Waals surface area contributed by atoms with E-state index in [1.807, 2.05) is 0 Å². The molecular formula is C17H29N5O9. The lowest BCUT2D eigenvalue weighted by molar-refractivity contribution is -0.143. The van der Waals surface area contributed by atoms with E-state index in [0.29, 0.717) is 0 Å². The summed E-state index contributed by atoms with van der Waals surface area (Å²) in [5, 5.41) is 35.9. The topological polar surface area (TPSA) is 237 Å². The molecule has 0 aromatic heterocycles. The standard InChI is InChI=1S/C17H29N5O9/c1-7(2)13(16(29)19-8(3)17(30)31)22-14(27)9(4-12(25)26)21-15(28)10(6-23)20-11(24)5-18/h7-10,13,23H,4-6,18H2,1-3H3,(H,19,29)(H,20,24)(H,21,28)(H,22,27)(H,25,26)(H,30,31)/t8-,9-,10-,13-/m0/s1. The van der Waals surface area contributed by atoms with Gasteiger partial charge in [0.15, 0.2) is 0 Å². The minimum absolute atomic E-state index is 0.469. The van der Waals surface area contributed by atoms with Crippen LogP contribution in [0.15, 0.2) is 0 Å². The molecule has 0 aromatic carbocycles. The maximum atomic E-state index is 12.6. The molecule has 176 valence electrons. The number of nitrogens with one attached hydrogen (secondary N) is 4. The fourth-order valence-corrected chi connectivity index (χ4v) is 2.26. The summed E-state index contributed by atoms with van der Waals surface area (Å²) in [5.74, 6) is -6.92. The molecule has 0 fully saturated rings. The molecular weight excluding hydrogens is 418 g/mol. The molecule has 31 heavy (non-hydrogen) atoms. The molecule has 0 saturated carbocycles. The zero-order valence-electron chi connectivity index (χ0n) is 17.4. The van der Waals surface area contributed by atoms with Crippen molar-refractivity contribution in [1.82, 2.24) is 21.3 Å². The van der Waals surface area contributed by atoms with E-state index in [4.69, 9.17) is 15.9 Å². The predicted octanol–water partition coefficient (Wildman–Crippen LogP) is -3.89. The molecule has 14 heteroatoms. The molecule has 0 saturated heterocycles. The number of carbonyl (C=O) groups is 6. The summed E-state index contributed by atoms with van der Waals surface area (Å²) in [7, 11) is 0. The Morgan fingerprint density at radius 3 is 1.77 bits per heavy atom. The van der Waals surface area contributed by atoms with E-state index in [1.165, 1.54) is 6.92 Å². The number of amides is 4. The van der Waals surface area contributed by atoms with E-state index >= 15 is 0 Å². The molecule has 0 heterocycles. The highest BCUT2D eigenvalue weighted by Crippen LogP contribution is 2.05. The van der Waals surface area contributed by atoms with Crippen LogP contribution in [-0.4, -0.2) is 88.2 Å². The first-order valence-corrected chi connectivity index (χ1v) is 9.29. The molecule has 0 radical (unpaired) electrons. The summed E-state index contributed by atoms with van der Waals surface area (Å²) in [5.41, 5.74) is 5.11. The van der Waals surface area contributed by atoms with Crippen LogP contribution in [0.1, 0.15) is 27.2 Å². The lowest BCUT2D eigenvalue weighted by Crippen LogP contribution is -2.59. The molecule has 9 N–H and O–H groups in total. The number of hydrogen-bond acceptors (Lipinski definition) is 8. The second-order valence-electron chi connectivity index (χ2n) is 6.96.